The average Bonchev–Trinajstić information content (AvgIpc) is 2.55. The highest BCUT2D eigenvalue weighted by molar-refractivity contribution is 5.62. The van der Waals surface area contributed by atoms with Crippen molar-refractivity contribution in [2.75, 3.05) is 0 Å². The number of benzene rings is 2. The van der Waals surface area contributed by atoms with Gasteiger partial charge in [-0.3, -0.25) is 0 Å². The second-order valence-electron chi connectivity index (χ2n) is 6.09. The van der Waals surface area contributed by atoms with Gasteiger partial charge < -0.3 is 14.6 Å². The Bertz CT molecular complexity index is 680. The minimum Gasteiger partial charge on any atom is -0.508 e. The SMILES string of the molecule is C=Cc1ccc(O)cc1.CC(C)(C)OC(=O)OC=Cc1ccccc1. The summed E-state index contributed by atoms with van der Waals surface area (Å²) in [5.41, 5.74) is 1.45. The molecule has 0 unspecified atom stereocenters. The number of ether oxygens (including phenoxy) is 2. The van der Waals surface area contributed by atoms with Crippen molar-refractivity contribution in [2.24, 2.45) is 0 Å². The van der Waals surface area contributed by atoms with Crippen molar-refractivity contribution in [3.63, 3.8) is 0 Å². The van der Waals surface area contributed by atoms with Crippen LogP contribution in [0, 0.1) is 0 Å². The van der Waals surface area contributed by atoms with Gasteiger partial charge in [-0.25, -0.2) is 4.79 Å². The molecule has 0 aromatic heterocycles. The lowest BCUT2D eigenvalue weighted by atomic mass is 10.2. The van der Waals surface area contributed by atoms with E-state index in [0.29, 0.717) is 5.75 Å². The lowest BCUT2D eigenvalue weighted by molar-refractivity contribution is 0.0113. The van der Waals surface area contributed by atoms with E-state index in [1.165, 1.54) is 6.26 Å². The van der Waals surface area contributed by atoms with Gasteiger partial charge in [0.1, 0.15) is 11.4 Å². The Morgan fingerprint density at radius 2 is 1.60 bits per heavy atom. The Balaban J connectivity index is 0.000000293. The predicted molar refractivity (Wildman–Crippen MR) is 101 cm³/mol. The van der Waals surface area contributed by atoms with Crippen molar-refractivity contribution in [1.82, 2.24) is 0 Å². The number of aromatic hydroxyl groups is 1. The molecule has 0 aliphatic rings. The highest BCUT2D eigenvalue weighted by Gasteiger charge is 2.16. The van der Waals surface area contributed by atoms with Crippen molar-refractivity contribution >= 4 is 18.3 Å². The molecular formula is C21H24O4. The molecule has 1 N–H and O–H groups in total. The summed E-state index contributed by atoms with van der Waals surface area (Å²) in [6.45, 7) is 8.94. The van der Waals surface area contributed by atoms with Crippen LogP contribution < -0.4 is 0 Å². The second-order valence-corrected chi connectivity index (χ2v) is 6.09. The van der Waals surface area contributed by atoms with Crippen molar-refractivity contribution in [3.8, 4) is 5.75 Å². The molecule has 0 atom stereocenters. The smallest absolute Gasteiger partial charge is 0.508 e. The van der Waals surface area contributed by atoms with E-state index in [9.17, 15) is 4.79 Å². The summed E-state index contributed by atoms with van der Waals surface area (Å²) in [4.78, 5) is 11.2. The Morgan fingerprint density at radius 1 is 1.00 bits per heavy atom. The molecule has 0 saturated heterocycles. The molecule has 0 radical (unpaired) electrons. The Labute approximate surface area is 149 Å². The van der Waals surface area contributed by atoms with E-state index >= 15 is 0 Å². The number of carbonyl (C=O) groups excluding carboxylic acids is 1. The van der Waals surface area contributed by atoms with E-state index in [1.807, 2.05) is 42.5 Å². The Kier molecular flexibility index (Phi) is 8.00. The lowest BCUT2D eigenvalue weighted by Crippen LogP contribution is -2.23. The molecule has 0 saturated carbocycles. The van der Waals surface area contributed by atoms with Gasteiger partial charge in [0.15, 0.2) is 0 Å². The fourth-order valence-electron chi connectivity index (χ4n) is 1.62. The van der Waals surface area contributed by atoms with Gasteiger partial charge in [0, 0.05) is 0 Å². The number of hydrogen-bond acceptors (Lipinski definition) is 4. The monoisotopic (exact) mass is 340 g/mol. The highest BCUT2D eigenvalue weighted by Crippen LogP contribution is 2.10. The minimum atomic E-state index is -0.695. The third kappa shape index (κ3) is 9.66. The summed E-state index contributed by atoms with van der Waals surface area (Å²) in [5, 5.41) is 8.82. The summed E-state index contributed by atoms with van der Waals surface area (Å²) < 4.78 is 9.74. The minimum absolute atomic E-state index is 0.292. The molecule has 4 nitrogen and oxygen atoms in total. The second kappa shape index (κ2) is 9.98. The number of phenolic OH excluding ortho intramolecular Hbond substituents is 1. The summed E-state index contributed by atoms with van der Waals surface area (Å²) in [6.07, 6.45) is 4.06. The van der Waals surface area contributed by atoms with E-state index in [2.05, 4.69) is 6.58 Å². The highest BCUT2D eigenvalue weighted by atomic mass is 16.7. The van der Waals surface area contributed by atoms with Crippen LogP contribution in [0.15, 0.2) is 67.4 Å². The van der Waals surface area contributed by atoms with E-state index in [0.717, 1.165) is 11.1 Å². The van der Waals surface area contributed by atoms with Crippen LogP contribution in [0.4, 0.5) is 4.79 Å². The van der Waals surface area contributed by atoms with Crippen LogP contribution >= 0.6 is 0 Å². The molecule has 0 fully saturated rings. The molecule has 2 rings (SSSR count). The zero-order valence-corrected chi connectivity index (χ0v) is 14.8. The third-order valence-corrected chi connectivity index (χ3v) is 2.74. The maximum atomic E-state index is 11.2. The van der Waals surface area contributed by atoms with E-state index in [4.69, 9.17) is 14.6 Å². The zero-order valence-electron chi connectivity index (χ0n) is 14.8. The summed E-state index contributed by atoms with van der Waals surface area (Å²) in [7, 11) is 0. The van der Waals surface area contributed by atoms with Crippen LogP contribution in [0.5, 0.6) is 5.75 Å². The van der Waals surface area contributed by atoms with Gasteiger partial charge in [-0.05, 0) is 50.1 Å². The molecule has 2 aromatic carbocycles. The van der Waals surface area contributed by atoms with E-state index in [1.54, 1.807) is 45.1 Å². The largest absolute Gasteiger partial charge is 0.513 e. The van der Waals surface area contributed by atoms with Crippen LogP contribution in [-0.4, -0.2) is 16.9 Å². The molecule has 0 amide bonds. The van der Waals surface area contributed by atoms with Gasteiger partial charge in [-0.2, -0.15) is 0 Å². The van der Waals surface area contributed by atoms with Crippen LogP contribution in [0.2, 0.25) is 0 Å². The summed E-state index contributed by atoms with van der Waals surface area (Å²) in [5.74, 6) is 0.292. The topological polar surface area (TPSA) is 55.8 Å². The molecule has 25 heavy (non-hydrogen) atoms. The van der Waals surface area contributed by atoms with Crippen molar-refractivity contribution < 1.29 is 19.4 Å². The van der Waals surface area contributed by atoms with Crippen molar-refractivity contribution in [3.05, 3.63) is 78.6 Å². The molecule has 2 aromatic rings. The van der Waals surface area contributed by atoms with Crippen LogP contribution in [0.25, 0.3) is 12.2 Å². The fraction of sp³-hybridized carbons (Fsp3) is 0.190. The molecule has 4 heteroatoms. The number of hydrogen-bond donors (Lipinski definition) is 1. The Hall–Kier alpha value is -3.01. The van der Waals surface area contributed by atoms with E-state index in [-0.39, 0.29) is 0 Å². The van der Waals surface area contributed by atoms with Gasteiger partial charge in [0.2, 0.25) is 0 Å². The zero-order chi connectivity index (χ0) is 18.7. The summed E-state index contributed by atoms with van der Waals surface area (Å²) >= 11 is 0. The first-order chi connectivity index (χ1) is 11.8. The first-order valence-electron chi connectivity index (χ1n) is 7.83. The first kappa shape index (κ1) is 20.0. The van der Waals surface area contributed by atoms with Crippen LogP contribution in [0.1, 0.15) is 31.9 Å². The predicted octanol–water partition coefficient (Wildman–Crippen LogP) is 5.64. The van der Waals surface area contributed by atoms with Crippen LogP contribution in [0.3, 0.4) is 0 Å². The molecule has 132 valence electrons. The first-order valence-corrected chi connectivity index (χ1v) is 7.83. The van der Waals surface area contributed by atoms with Crippen LogP contribution in [-0.2, 0) is 9.47 Å². The van der Waals surface area contributed by atoms with Gasteiger partial charge in [0.25, 0.3) is 0 Å². The number of rotatable bonds is 3. The van der Waals surface area contributed by atoms with Gasteiger partial charge in [-0.15, -0.1) is 0 Å². The normalized spacial score (nSPS) is 10.5. The molecule has 0 bridgehead atoms. The van der Waals surface area contributed by atoms with Gasteiger partial charge in [-0.1, -0.05) is 55.1 Å². The maximum Gasteiger partial charge on any atom is 0.513 e. The standard InChI is InChI=1S/C13H16O3.C8H8O/c1-13(2,3)16-12(14)15-10-9-11-7-5-4-6-8-11;1-2-7-3-5-8(9)6-4-7/h4-10H,1-3H3;2-6,9H,1H2. The lowest BCUT2D eigenvalue weighted by Gasteiger charge is -2.17. The number of carbonyl (C=O) groups is 1. The quantitative estimate of drug-likeness (QED) is 0.580. The molecule has 0 spiro atoms. The average molecular weight is 340 g/mol. The van der Waals surface area contributed by atoms with E-state index < -0.39 is 11.8 Å². The van der Waals surface area contributed by atoms with Gasteiger partial charge >= 0.3 is 6.16 Å². The third-order valence-electron chi connectivity index (χ3n) is 2.74. The molecule has 0 heterocycles. The maximum absolute atomic E-state index is 11.2. The number of phenols is 1. The summed E-state index contributed by atoms with van der Waals surface area (Å²) in [6, 6.07) is 16.5. The van der Waals surface area contributed by atoms with Gasteiger partial charge in [0.05, 0.1) is 6.26 Å². The molecular weight excluding hydrogens is 316 g/mol. The fourth-order valence-corrected chi connectivity index (χ4v) is 1.62. The van der Waals surface area contributed by atoms with Crippen molar-refractivity contribution in [1.29, 1.82) is 0 Å². The molecule has 0 aliphatic heterocycles. The van der Waals surface area contributed by atoms with Crippen molar-refractivity contribution in [2.45, 2.75) is 26.4 Å². The Morgan fingerprint density at radius 3 is 2.12 bits per heavy atom. The molecule has 0 aliphatic carbocycles.